The average molecular weight is 1080 g/mol. The molecule has 0 aromatic carbocycles. The van der Waals surface area contributed by atoms with Gasteiger partial charge < -0.3 is 65.9 Å². The summed E-state index contributed by atoms with van der Waals surface area (Å²) >= 11 is 0. The second kappa shape index (κ2) is 51.4. The van der Waals surface area contributed by atoms with E-state index in [4.69, 9.17) is 28.7 Å². The summed E-state index contributed by atoms with van der Waals surface area (Å²) in [4.78, 5) is 101. The zero-order valence-electron chi connectivity index (χ0n) is 47.4. The SMILES string of the molecule is CCCCCCCC(=O)N[C@@H](CCCCN)C(=O)NCCCCCCCC(=O)N[C@@H](CCCCN)C(=O)NCCCCCCCC(=O)N[C@@H](CCCCN)C(=O)NCCCCCCCC(=O)N[C@@H](CCCCN)C(N)=O. The van der Waals surface area contributed by atoms with Crippen LogP contribution in [0.25, 0.3) is 0 Å². The van der Waals surface area contributed by atoms with Gasteiger partial charge in [-0.15, -0.1) is 0 Å². The molecule has 0 spiro atoms. The minimum Gasteiger partial charge on any atom is -0.368 e. The van der Waals surface area contributed by atoms with Crippen LogP contribution in [-0.4, -0.2) is 117 Å². The highest BCUT2D eigenvalue weighted by Crippen LogP contribution is 2.12. The molecule has 0 radical (unpaired) electrons. The Kier molecular flexibility index (Phi) is 48.4. The number of primary amides is 1. The molecule has 0 heterocycles. The van der Waals surface area contributed by atoms with Crippen LogP contribution < -0.4 is 65.9 Å². The normalized spacial score (nSPS) is 12.7. The third kappa shape index (κ3) is 42.7. The van der Waals surface area contributed by atoms with Crippen molar-refractivity contribution in [1.82, 2.24) is 37.2 Å². The lowest BCUT2D eigenvalue weighted by molar-refractivity contribution is -0.129. The molecule has 76 heavy (non-hydrogen) atoms. The van der Waals surface area contributed by atoms with Gasteiger partial charge in [-0.2, -0.15) is 0 Å². The third-order valence-electron chi connectivity index (χ3n) is 13.6. The summed E-state index contributed by atoms with van der Waals surface area (Å²) in [6, 6.07) is -2.46. The highest BCUT2D eigenvalue weighted by atomic mass is 16.2. The fourth-order valence-corrected chi connectivity index (χ4v) is 8.85. The van der Waals surface area contributed by atoms with Crippen molar-refractivity contribution >= 4 is 47.3 Å². The quantitative estimate of drug-likeness (QED) is 0.0370. The molecule has 0 aliphatic heterocycles. The molecule has 0 aromatic heterocycles. The predicted octanol–water partition coefficient (Wildman–Crippen LogP) is 4.66. The first-order valence-electron chi connectivity index (χ1n) is 29.9. The second-order valence-electron chi connectivity index (χ2n) is 20.6. The molecule has 0 saturated heterocycles. The molecule has 0 unspecified atom stereocenters. The molecule has 4 atom stereocenters. The molecule has 20 heteroatoms. The number of rotatable bonds is 54. The summed E-state index contributed by atoms with van der Waals surface area (Å²) < 4.78 is 0. The van der Waals surface area contributed by atoms with E-state index in [2.05, 4.69) is 44.1 Å². The van der Waals surface area contributed by atoms with Crippen LogP contribution in [-0.2, 0) is 38.4 Å². The molecular formula is C56H110N12O8. The minimum atomic E-state index is -0.670. The van der Waals surface area contributed by atoms with Crippen molar-refractivity contribution in [2.75, 3.05) is 45.8 Å². The molecule has 442 valence electrons. The van der Waals surface area contributed by atoms with E-state index in [-0.39, 0.29) is 41.4 Å². The van der Waals surface area contributed by atoms with Crippen molar-refractivity contribution < 1.29 is 38.4 Å². The van der Waals surface area contributed by atoms with Crippen LogP contribution in [0.3, 0.4) is 0 Å². The van der Waals surface area contributed by atoms with Crippen molar-refractivity contribution in [1.29, 1.82) is 0 Å². The average Bonchev–Trinajstić information content (AvgIpc) is 3.39. The molecule has 0 fully saturated rings. The van der Waals surface area contributed by atoms with Gasteiger partial charge in [-0.1, -0.05) is 90.4 Å². The molecule has 20 nitrogen and oxygen atoms in total. The fraction of sp³-hybridized carbons (Fsp3) is 0.857. The Hall–Kier alpha value is -4.40. The monoisotopic (exact) mass is 1080 g/mol. The molecule has 0 aliphatic rings. The van der Waals surface area contributed by atoms with Crippen LogP contribution in [0.5, 0.6) is 0 Å². The zero-order chi connectivity index (χ0) is 56.3. The first-order valence-corrected chi connectivity index (χ1v) is 29.9. The molecule has 0 aromatic rings. The molecule has 0 bridgehead atoms. The highest BCUT2D eigenvalue weighted by Gasteiger charge is 2.23. The molecule has 8 amide bonds. The van der Waals surface area contributed by atoms with Gasteiger partial charge in [0, 0.05) is 45.3 Å². The van der Waals surface area contributed by atoms with Crippen molar-refractivity contribution in [2.24, 2.45) is 28.7 Å². The highest BCUT2D eigenvalue weighted by molar-refractivity contribution is 5.89. The molecular weight excluding hydrogens is 969 g/mol. The van der Waals surface area contributed by atoms with E-state index in [1.807, 2.05) is 0 Å². The predicted molar refractivity (Wildman–Crippen MR) is 304 cm³/mol. The van der Waals surface area contributed by atoms with Crippen LogP contribution in [0.1, 0.15) is 238 Å². The number of carbonyl (C=O) groups is 8. The molecule has 0 rings (SSSR count). The number of hydrogen-bond acceptors (Lipinski definition) is 12. The largest absolute Gasteiger partial charge is 0.368 e. The lowest BCUT2D eigenvalue weighted by Crippen LogP contribution is -2.47. The topological polar surface area (TPSA) is 351 Å². The van der Waals surface area contributed by atoms with Gasteiger partial charge in [-0.05, 0) is 148 Å². The van der Waals surface area contributed by atoms with Crippen LogP contribution in [0.2, 0.25) is 0 Å². The van der Waals surface area contributed by atoms with E-state index >= 15 is 0 Å². The number of hydrogen-bond donors (Lipinski definition) is 12. The minimum absolute atomic E-state index is 0.0771. The van der Waals surface area contributed by atoms with Gasteiger partial charge in [0.25, 0.3) is 0 Å². The van der Waals surface area contributed by atoms with Crippen LogP contribution in [0.15, 0.2) is 0 Å². The van der Waals surface area contributed by atoms with Crippen LogP contribution in [0.4, 0.5) is 0 Å². The Morgan fingerprint density at radius 2 is 0.539 bits per heavy atom. The molecule has 0 aliphatic carbocycles. The summed E-state index contributed by atoms with van der Waals surface area (Å²) in [5.41, 5.74) is 28.0. The number of nitrogens with one attached hydrogen (secondary N) is 7. The van der Waals surface area contributed by atoms with Crippen molar-refractivity contribution in [3.63, 3.8) is 0 Å². The van der Waals surface area contributed by atoms with E-state index in [1.54, 1.807) is 0 Å². The Labute approximate surface area is 458 Å². The lowest BCUT2D eigenvalue weighted by Gasteiger charge is -2.19. The number of nitrogens with two attached hydrogens (primary N) is 5. The van der Waals surface area contributed by atoms with E-state index in [9.17, 15) is 38.4 Å². The Morgan fingerprint density at radius 3 is 0.803 bits per heavy atom. The van der Waals surface area contributed by atoms with Gasteiger partial charge in [0.15, 0.2) is 0 Å². The number of amides is 8. The summed E-state index contributed by atoms with van der Waals surface area (Å²) in [5.74, 6) is -1.65. The van der Waals surface area contributed by atoms with Crippen LogP contribution >= 0.6 is 0 Å². The van der Waals surface area contributed by atoms with Gasteiger partial charge in [-0.3, -0.25) is 38.4 Å². The first kappa shape index (κ1) is 71.6. The van der Waals surface area contributed by atoms with Gasteiger partial charge >= 0.3 is 0 Å². The van der Waals surface area contributed by atoms with Gasteiger partial charge in [-0.25, -0.2) is 0 Å². The first-order chi connectivity index (χ1) is 36.8. The van der Waals surface area contributed by atoms with Gasteiger partial charge in [0.1, 0.15) is 24.2 Å². The smallest absolute Gasteiger partial charge is 0.242 e. The van der Waals surface area contributed by atoms with Crippen molar-refractivity contribution in [2.45, 2.75) is 262 Å². The van der Waals surface area contributed by atoms with E-state index in [1.165, 1.54) is 6.42 Å². The zero-order valence-corrected chi connectivity index (χ0v) is 47.4. The molecule has 0 saturated carbocycles. The number of unbranched alkanes of at least 4 members (excludes halogenated alkanes) is 20. The molecule has 17 N–H and O–H groups in total. The van der Waals surface area contributed by atoms with Crippen LogP contribution in [0, 0.1) is 0 Å². The maximum absolute atomic E-state index is 13.2. The Morgan fingerprint density at radius 1 is 0.303 bits per heavy atom. The van der Waals surface area contributed by atoms with Gasteiger partial charge in [0.05, 0.1) is 0 Å². The van der Waals surface area contributed by atoms with E-state index < -0.39 is 30.1 Å². The lowest BCUT2D eigenvalue weighted by atomic mass is 10.1. The van der Waals surface area contributed by atoms with E-state index in [0.29, 0.717) is 116 Å². The fourth-order valence-electron chi connectivity index (χ4n) is 8.85. The van der Waals surface area contributed by atoms with Gasteiger partial charge in [0.2, 0.25) is 47.3 Å². The third-order valence-corrected chi connectivity index (χ3v) is 13.6. The summed E-state index contributed by atoms with van der Waals surface area (Å²) in [6.45, 7) is 5.76. The summed E-state index contributed by atoms with van der Waals surface area (Å²) in [5, 5.41) is 20.5. The maximum Gasteiger partial charge on any atom is 0.242 e. The second-order valence-corrected chi connectivity index (χ2v) is 20.6. The summed E-state index contributed by atoms with van der Waals surface area (Å²) in [7, 11) is 0. The standard InChI is InChI=1S/C56H110N12O8/c1-2-3-4-8-15-35-50(70)66-46(31-20-24-39-58)54(74)62-43-28-13-6-10-17-37-52(72)68-48(33-22-26-41-60)56(76)64-44-29-14-7-11-18-36-51(71)67-47(32-21-25-40-59)55(75)63-42-27-12-5-9-16-34-49(69)65-45(53(61)73)30-19-23-38-57/h45-48H,2-44,57-60H2,1H3,(H2,61,73)(H,62,74)(H,63,75)(H,64,76)(H,65,69)(H,66,70)(H,67,71)(H,68,72)/t45-,46-,47-,48-/m0/s1. The van der Waals surface area contributed by atoms with E-state index in [0.717, 1.165) is 154 Å². The van der Waals surface area contributed by atoms with Crippen molar-refractivity contribution in [3.8, 4) is 0 Å². The summed E-state index contributed by atoms with van der Waals surface area (Å²) in [6.07, 6.45) is 27.1. The Balaban J connectivity index is 4.47. The Bertz CT molecular complexity index is 1540. The van der Waals surface area contributed by atoms with Crippen molar-refractivity contribution in [3.05, 3.63) is 0 Å². The number of carbonyl (C=O) groups excluding carboxylic acids is 8. The maximum atomic E-state index is 13.2.